The molecule has 32 heavy (non-hydrogen) atoms. The number of hydrogen-bond acceptors (Lipinski definition) is 5. The van der Waals surface area contributed by atoms with E-state index in [2.05, 4.69) is 10.2 Å². The number of rotatable bonds is 5. The van der Waals surface area contributed by atoms with Crippen molar-refractivity contribution in [3.05, 3.63) is 53.5 Å². The monoisotopic (exact) mass is 433 g/mol. The molecule has 1 aromatic carbocycles. The average molecular weight is 434 g/mol. The number of fused-ring (bicyclic) bond motifs is 3. The van der Waals surface area contributed by atoms with E-state index in [-0.39, 0.29) is 17.9 Å². The van der Waals surface area contributed by atoms with Crippen LogP contribution in [0.1, 0.15) is 55.5 Å². The summed E-state index contributed by atoms with van der Waals surface area (Å²) in [6, 6.07) is 7.84. The molecule has 7 heteroatoms. The Balaban J connectivity index is 1.24. The van der Waals surface area contributed by atoms with Gasteiger partial charge in [0, 0.05) is 37.0 Å². The zero-order valence-corrected chi connectivity index (χ0v) is 18.9. The van der Waals surface area contributed by atoms with Gasteiger partial charge in [-0.1, -0.05) is 12.1 Å². The first-order chi connectivity index (χ1) is 15.6. The SMILES string of the molecule is COc1ccc([C@H](C)NC(=O)C2CCN(c3nccn4nc5c(c34)CCCC5)CC2)cc1. The lowest BCUT2D eigenvalue weighted by Gasteiger charge is -2.33. The van der Waals surface area contributed by atoms with Gasteiger partial charge in [0.1, 0.15) is 11.3 Å². The molecule has 0 bridgehead atoms. The molecule has 1 N–H and O–H groups in total. The maximum Gasteiger partial charge on any atom is 0.223 e. The van der Waals surface area contributed by atoms with Gasteiger partial charge in [-0.3, -0.25) is 4.79 Å². The fourth-order valence-electron chi connectivity index (χ4n) is 5.04. The fraction of sp³-hybridized carbons (Fsp3) is 0.480. The van der Waals surface area contributed by atoms with Crippen LogP contribution in [0, 0.1) is 5.92 Å². The Hall–Kier alpha value is -3.09. The predicted octanol–water partition coefficient (Wildman–Crippen LogP) is 3.71. The highest BCUT2D eigenvalue weighted by Crippen LogP contribution is 2.32. The van der Waals surface area contributed by atoms with Crippen molar-refractivity contribution in [2.45, 2.75) is 51.5 Å². The molecule has 1 saturated heterocycles. The summed E-state index contributed by atoms with van der Waals surface area (Å²) in [7, 11) is 1.66. The number of benzene rings is 1. The van der Waals surface area contributed by atoms with Crippen molar-refractivity contribution in [1.29, 1.82) is 0 Å². The molecular formula is C25H31N5O2. The molecule has 3 aromatic rings. The standard InChI is InChI=1S/C25H31N5O2/c1-17(18-7-9-20(32-2)10-8-18)27-25(31)19-11-14-29(15-12-19)24-23-21-5-3-4-6-22(21)28-30(23)16-13-26-24/h7-10,13,16-17,19H,3-6,11-12,14-15H2,1-2H3,(H,27,31)/t17-/m0/s1. The zero-order valence-electron chi connectivity index (χ0n) is 18.9. The van der Waals surface area contributed by atoms with Crippen molar-refractivity contribution in [1.82, 2.24) is 19.9 Å². The summed E-state index contributed by atoms with van der Waals surface area (Å²) in [5, 5.41) is 8.00. The molecule has 5 rings (SSSR count). The molecule has 0 saturated carbocycles. The van der Waals surface area contributed by atoms with Gasteiger partial charge in [-0.05, 0) is 63.1 Å². The van der Waals surface area contributed by atoms with Crippen molar-refractivity contribution in [2.24, 2.45) is 5.92 Å². The van der Waals surface area contributed by atoms with Crippen LogP contribution in [-0.2, 0) is 17.6 Å². The first-order valence-electron chi connectivity index (χ1n) is 11.7. The summed E-state index contributed by atoms with van der Waals surface area (Å²) in [5.41, 5.74) is 4.84. The van der Waals surface area contributed by atoms with Crippen LogP contribution in [0.2, 0.25) is 0 Å². The van der Waals surface area contributed by atoms with E-state index < -0.39 is 0 Å². The van der Waals surface area contributed by atoms with E-state index in [1.807, 2.05) is 48.1 Å². The Kier molecular flexibility index (Phi) is 5.72. The second-order valence-corrected chi connectivity index (χ2v) is 8.94. The lowest BCUT2D eigenvalue weighted by Crippen LogP contribution is -2.41. The number of anilines is 1. The van der Waals surface area contributed by atoms with Crippen LogP contribution >= 0.6 is 0 Å². The third kappa shape index (κ3) is 3.92. The van der Waals surface area contributed by atoms with Crippen molar-refractivity contribution in [2.75, 3.05) is 25.1 Å². The second-order valence-electron chi connectivity index (χ2n) is 8.94. The number of methoxy groups -OCH3 is 1. The van der Waals surface area contributed by atoms with Crippen LogP contribution in [0.5, 0.6) is 5.75 Å². The summed E-state index contributed by atoms with van der Waals surface area (Å²) >= 11 is 0. The molecule has 0 unspecified atom stereocenters. The normalized spacial score (nSPS) is 17.8. The van der Waals surface area contributed by atoms with Crippen molar-refractivity contribution >= 4 is 17.2 Å². The Labute approximate surface area is 188 Å². The van der Waals surface area contributed by atoms with Crippen molar-refractivity contribution < 1.29 is 9.53 Å². The van der Waals surface area contributed by atoms with Gasteiger partial charge in [-0.15, -0.1) is 0 Å². The quantitative estimate of drug-likeness (QED) is 0.664. The number of amides is 1. The molecule has 168 valence electrons. The van der Waals surface area contributed by atoms with Gasteiger partial charge in [0.15, 0.2) is 5.82 Å². The minimum Gasteiger partial charge on any atom is -0.497 e. The van der Waals surface area contributed by atoms with Crippen LogP contribution in [0.25, 0.3) is 5.52 Å². The number of nitrogens with zero attached hydrogens (tertiary/aromatic N) is 4. The van der Waals surface area contributed by atoms with E-state index in [0.29, 0.717) is 0 Å². The Morgan fingerprint density at radius 3 is 2.66 bits per heavy atom. The summed E-state index contributed by atoms with van der Waals surface area (Å²) in [5.74, 6) is 2.02. The number of carbonyl (C=O) groups excluding carboxylic acids is 1. The highest BCUT2D eigenvalue weighted by molar-refractivity contribution is 5.80. The van der Waals surface area contributed by atoms with E-state index in [1.165, 1.54) is 29.6 Å². The van der Waals surface area contributed by atoms with Crippen molar-refractivity contribution in [3.63, 3.8) is 0 Å². The van der Waals surface area contributed by atoms with Gasteiger partial charge >= 0.3 is 0 Å². The largest absolute Gasteiger partial charge is 0.497 e. The highest BCUT2D eigenvalue weighted by atomic mass is 16.5. The number of ether oxygens (including phenoxy) is 1. The van der Waals surface area contributed by atoms with E-state index in [4.69, 9.17) is 14.8 Å². The Morgan fingerprint density at radius 2 is 1.91 bits per heavy atom. The fourth-order valence-corrected chi connectivity index (χ4v) is 5.04. The number of carbonyl (C=O) groups is 1. The Bertz CT molecular complexity index is 1100. The maximum absolute atomic E-state index is 12.9. The summed E-state index contributed by atoms with van der Waals surface area (Å²) in [6.45, 7) is 3.70. The third-order valence-corrected chi connectivity index (χ3v) is 6.94. The number of nitrogens with one attached hydrogen (secondary N) is 1. The van der Waals surface area contributed by atoms with Crippen LogP contribution in [0.4, 0.5) is 5.82 Å². The van der Waals surface area contributed by atoms with Gasteiger partial charge in [0.05, 0.1) is 18.8 Å². The van der Waals surface area contributed by atoms with E-state index in [1.54, 1.807) is 7.11 Å². The zero-order chi connectivity index (χ0) is 22.1. The molecule has 1 fully saturated rings. The molecule has 0 spiro atoms. The molecule has 2 aromatic heterocycles. The van der Waals surface area contributed by atoms with Gasteiger partial charge in [-0.25, -0.2) is 9.50 Å². The van der Waals surface area contributed by atoms with E-state index >= 15 is 0 Å². The summed E-state index contributed by atoms with van der Waals surface area (Å²) in [4.78, 5) is 20.0. The van der Waals surface area contributed by atoms with Crippen LogP contribution in [-0.4, -0.2) is 40.7 Å². The number of aryl methyl sites for hydroxylation is 2. The molecule has 0 radical (unpaired) electrons. The molecule has 3 heterocycles. The van der Waals surface area contributed by atoms with Crippen molar-refractivity contribution in [3.8, 4) is 5.75 Å². The molecule has 1 atom stereocenters. The molecule has 1 aliphatic carbocycles. The number of piperidine rings is 1. The van der Waals surface area contributed by atoms with Crippen LogP contribution in [0.3, 0.4) is 0 Å². The smallest absolute Gasteiger partial charge is 0.223 e. The minimum absolute atomic E-state index is 0.0276. The topological polar surface area (TPSA) is 71.8 Å². The van der Waals surface area contributed by atoms with Gasteiger partial charge < -0.3 is 15.0 Å². The molecule has 2 aliphatic rings. The minimum atomic E-state index is -0.0276. The molecule has 7 nitrogen and oxygen atoms in total. The summed E-state index contributed by atoms with van der Waals surface area (Å²) in [6.07, 6.45) is 10.0. The number of hydrogen-bond donors (Lipinski definition) is 1. The summed E-state index contributed by atoms with van der Waals surface area (Å²) < 4.78 is 7.23. The first-order valence-corrected chi connectivity index (χ1v) is 11.7. The highest BCUT2D eigenvalue weighted by Gasteiger charge is 2.29. The lowest BCUT2D eigenvalue weighted by molar-refractivity contribution is -0.126. The Morgan fingerprint density at radius 1 is 1.16 bits per heavy atom. The third-order valence-electron chi connectivity index (χ3n) is 6.94. The molecule has 1 aliphatic heterocycles. The number of aromatic nitrogens is 3. The maximum atomic E-state index is 12.9. The lowest BCUT2D eigenvalue weighted by atomic mass is 9.94. The van der Waals surface area contributed by atoms with E-state index in [0.717, 1.165) is 55.9 Å². The molecular weight excluding hydrogens is 402 g/mol. The first kappa shape index (κ1) is 20.8. The van der Waals surface area contributed by atoms with Gasteiger partial charge in [0.2, 0.25) is 5.91 Å². The van der Waals surface area contributed by atoms with E-state index in [9.17, 15) is 4.79 Å². The average Bonchev–Trinajstić information content (AvgIpc) is 3.23. The van der Waals surface area contributed by atoms with Crippen LogP contribution < -0.4 is 15.0 Å². The predicted molar refractivity (Wildman–Crippen MR) is 124 cm³/mol. The molecule has 1 amide bonds. The van der Waals surface area contributed by atoms with Gasteiger partial charge in [-0.2, -0.15) is 5.10 Å². The second kappa shape index (κ2) is 8.81. The van der Waals surface area contributed by atoms with Gasteiger partial charge in [0.25, 0.3) is 0 Å². The van der Waals surface area contributed by atoms with Crippen LogP contribution in [0.15, 0.2) is 36.7 Å².